The molecule has 0 aliphatic rings. The molecule has 0 N–H and O–H groups in total. The van der Waals surface area contributed by atoms with Gasteiger partial charge in [-0.25, -0.2) is 0 Å². The van der Waals surface area contributed by atoms with Crippen molar-refractivity contribution in [1.29, 1.82) is 0 Å². The molecule has 0 amide bonds. The maximum atomic E-state index is 11.1. The average Bonchev–Trinajstić information content (AvgIpc) is 2.38. The zero-order valence-corrected chi connectivity index (χ0v) is 13.8. The third-order valence-electron chi connectivity index (χ3n) is 4.03. The number of Topliss-reactive ketones (excluding diaryl/α,β-unsaturated/α-hetero) is 1. The van der Waals surface area contributed by atoms with Crippen LogP contribution in [0.1, 0.15) is 98.3 Å². The Hall–Kier alpha value is -0.330. The molecule has 19 heavy (non-hydrogen) atoms. The Labute approximate surface area is 121 Å². The maximum absolute atomic E-state index is 11.1. The van der Waals surface area contributed by atoms with Crippen LogP contribution < -0.4 is 0 Å². The third-order valence-corrected chi connectivity index (χ3v) is 4.03. The van der Waals surface area contributed by atoms with Gasteiger partial charge in [0.15, 0.2) is 0 Å². The molecular formula is C18H36O. The highest BCUT2D eigenvalue weighted by Crippen LogP contribution is 2.18. The fourth-order valence-electron chi connectivity index (χ4n) is 2.54. The van der Waals surface area contributed by atoms with Gasteiger partial charge in [-0.3, -0.25) is 4.79 Å². The van der Waals surface area contributed by atoms with Gasteiger partial charge >= 0.3 is 0 Å². The van der Waals surface area contributed by atoms with Crippen LogP contribution in [0.25, 0.3) is 0 Å². The second-order valence-electron chi connectivity index (χ2n) is 6.63. The smallest absolute Gasteiger partial charge is 0.132 e. The second-order valence-corrected chi connectivity index (χ2v) is 6.63. The Balaban J connectivity index is 3.24. The van der Waals surface area contributed by atoms with Crippen LogP contribution in [0.3, 0.4) is 0 Å². The molecule has 1 unspecified atom stereocenters. The van der Waals surface area contributed by atoms with Gasteiger partial charge in [-0.15, -0.1) is 0 Å². The molecule has 0 saturated carbocycles. The van der Waals surface area contributed by atoms with Gasteiger partial charge in [0.05, 0.1) is 0 Å². The van der Waals surface area contributed by atoms with Crippen LogP contribution in [0.5, 0.6) is 0 Å². The topological polar surface area (TPSA) is 17.1 Å². The first kappa shape index (κ1) is 18.7. The molecule has 0 saturated heterocycles. The van der Waals surface area contributed by atoms with Gasteiger partial charge in [0, 0.05) is 12.8 Å². The van der Waals surface area contributed by atoms with Crippen LogP contribution in [0.15, 0.2) is 0 Å². The zero-order chi connectivity index (χ0) is 14.5. The van der Waals surface area contributed by atoms with E-state index in [1.54, 1.807) is 0 Å². The van der Waals surface area contributed by atoms with Crippen molar-refractivity contribution in [3.63, 3.8) is 0 Å². The minimum atomic E-state index is 0.429. The minimum absolute atomic E-state index is 0.429. The molecule has 0 aromatic heterocycles. The van der Waals surface area contributed by atoms with Gasteiger partial charge < -0.3 is 0 Å². The van der Waals surface area contributed by atoms with E-state index in [0.29, 0.717) is 12.2 Å². The van der Waals surface area contributed by atoms with E-state index in [1.165, 1.54) is 51.4 Å². The van der Waals surface area contributed by atoms with Crippen molar-refractivity contribution >= 4 is 5.78 Å². The van der Waals surface area contributed by atoms with Crippen molar-refractivity contribution in [2.75, 3.05) is 0 Å². The van der Waals surface area contributed by atoms with E-state index < -0.39 is 0 Å². The first-order valence-corrected chi connectivity index (χ1v) is 8.58. The summed E-state index contributed by atoms with van der Waals surface area (Å²) in [6, 6.07) is 0. The zero-order valence-electron chi connectivity index (χ0n) is 13.8. The van der Waals surface area contributed by atoms with Crippen LogP contribution in [0.4, 0.5) is 0 Å². The van der Waals surface area contributed by atoms with Gasteiger partial charge in [0.25, 0.3) is 0 Å². The summed E-state index contributed by atoms with van der Waals surface area (Å²) in [5.41, 5.74) is 0. The van der Waals surface area contributed by atoms with E-state index in [4.69, 9.17) is 0 Å². The Morgan fingerprint density at radius 3 is 1.89 bits per heavy atom. The van der Waals surface area contributed by atoms with Crippen molar-refractivity contribution < 1.29 is 4.79 Å². The highest BCUT2D eigenvalue weighted by molar-refractivity contribution is 5.77. The quantitative estimate of drug-likeness (QED) is 0.366. The molecular weight excluding hydrogens is 232 g/mol. The number of unbranched alkanes of at least 4 members (excludes halogenated alkanes) is 4. The standard InChI is InChI=1S/C18H36O/c1-5-18(19)15-9-7-6-8-13-17(4)14-11-10-12-16(2)3/h16-17H,5-15H2,1-4H3. The molecule has 0 bridgehead atoms. The van der Waals surface area contributed by atoms with Crippen LogP contribution >= 0.6 is 0 Å². The minimum Gasteiger partial charge on any atom is -0.300 e. The number of ketones is 1. The second kappa shape index (κ2) is 12.7. The molecule has 0 heterocycles. The molecule has 0 aliphatic heterocycles. The molecule has 0 spiro atoms. The summed E-state index contributed by atoms with van der Waals surface area (Å²) in [6.45, 7) is 8.98. The molecule has 0 fully saturated rings. The average molecular weight is 268 g/mol. The molecule has 0 rings (SSSR count). The molecule has 0 aromatic carbocycles. The van der Waals surface area contributed by atoms with Gasteiger partial charge in [0.1, 0.15) is 5.78 Å². The highest BCUT2D eigenvalue weighted by atomic mass is 16.1. The van der Waals surface area contributed by atoms with E-state index in [-0.39, 0.29) is 0 Å². The molecule has 1 nitrogen and oxygen atoms in total. The molecule has 0 aromatic rings. The summed E-state index contributed by atoms with van der Waals surface area (Å²) < 4.78 is 0. The van der Waals surface area contributed by atoms with E-state index in [0.717, 1.165) is 24.7 Å². The van der Waals surface area contributed by atoms with E-state index in [2.05, 4.69) is 20.8 Å². The Morgan fingerprint density at radius 2 is 1.32 bits per heavy atom. The lowest BCUT2D eigenvalue weighted by atomic mass is 9.95. The highest BCUT2D eigenvalue weighted by Gasteiger charge is 2.03. The number of hydrogen-bond acceptors (Lipinski definition) is 1. The van der Waals surface area contributed by atoms with Crippen molar-refractivity contribution in [1.82, 2.24) is 0 Å². The first-order valence-electron chi connectivity index (χ1n) is 8.58. The Morgan fingerprint density at radius 1 is 0.789 bits per heavy atom. The predicted molar refractivity (Wildman–Crippen MR) is 85.5 cm³/mol. The van der Waals surface area contributed by atoms with Crippen molar-refractivity contribution in [3.05, 3.63) is 0 Å². The lowest BCUT2D eigenvalue weighted by molar-refractivity contribution is -0.118. The third kappa shape index (κ3) is 13.9. The van der Waals surface area contributed by atoms with Crippen molar-refractivity contribution in [2.24, 2.45) is 11.8 Å². The molecule has 1 heteroatoms. The van der Waals surface area contributed by atoms with Crippen LogP contribution in [-0.2, 0) is 4.79 Å². The Kier molecular flexibility index (Phi) is 12.5. The Bertz CT molecular complexity index is 208. The van der Waals surface area contributed by atoms with E-state index >= 15 is 0 Å². The van der Waals surface area contributed by atoms with Gasteiger partial charge in [0.2, 0.25) is 0 Å². The normalized spacial score (nSPS) is 12.9. The van der Waals surface area contributed by atoms with E-state index in [1.807, 2.05) is 6.92 Å². The van der Waals surface area contributed by atoms with Crippen molar-refractivity contribution in [2.45, 2.75) is 98.3 Å². The lowest BCUT2D eigenvalue weighted by Gasteiger charge is -2.11. The van der Waals surface area contributed by atoms with Gasteiger partial charge in [-0.05, 0) is 18.3 Å². The van der Waals surface area contributed by atoms with Crippen LogP contribution in [0, 0.1) is 11.8 Å². The summed E-state index contributed by atoms with van der Waals surface area (Å²) in [6.07, 6.45) is 13.5. The number of carbonyl (C=O) groups excluding carboxylic acids is 1. The summed E-state index contributed by atoms with van der Waals surface area (Å²) in [4.78, 5) is 11.1. The van der Waals surface area contributed by atoms with Crippen LogP contribution in [0.2, 0.25) is 0 Å². The summed E-state index contributed by atoms with van der Waals surface area (Å²) in [5.74, 6) is 2.18. The van der Waals surface area contributed by atoms with Crippen molar-refractivity contribution in [3.8, 4) is 0 Å². The molecule has 0 radical (unpaired) electrons. The number of rotatable bonds is 13. The lowest BCUT2D eigenvalue weighted by Crippen LogP contribution is -1.97. The fraction of sp³-hybridized carbons (Fsp3) is 0.944. The number of carbonyl (C=O) groups is 1. The molecule has 114 valence electrons. The first-order chi connectivity index (χ1) is 9.06. The van der Waals surface area contributed by atoms with Gasteiger partial charge in [-0.2, -0.15) is 0 Å². The van der Waals surface area contributed by atoms with Crippen LogP contribution in [-0.4, -0.2) is 5.78 Å². The molecule has 1 atom stereocenters. The summed E-state index contributed by atoms with van der Waals surface area (Å²) in [5, 5.41) is 0. The largest absolute Gasteiger partial charge is 0.300 e. The summed E-state index contributed by atoms with van der Waals surface area (Å²) in [7, 11) is 0. The monoisotopic (exact) mass is 268 g/mol. The number of hydrogen-bond donors (Lipinski definition) is 0. The summed E-state index contributed by atoms with van der Waals surface area (Å²) >= 11 is 0. The fourth-order valence-corrected chi connectivity index (χ4v) is 2.54. The van der Waals surface area contributed by atoms with E-state index in [9.17, 15) is 4.79 Å². The SMILES string of the molecule is CCC(=O)CCCCCCC(C)CCCCC(C)C. The molecule has 0 aliphatic carbocycles. The van der Waals surface area contributed by atoms with Gasteiger partial charge in [-0.1, -0.05) is 79.1 Å². The predicted octanol–water partition coefficient (Wildman–Crippen LogP) is 6.16. The maximum Gasteiger partial charge on any atom is 0.132 e.